The standard InChI is InChI=1S/C10H14N4O/c1-4-14-7(2)5-9(8(14)3)10(15)6-12-13-11/h5H,4,6H2,1-3H3. The lowest BCUT2D eigenvalue weighted by Crippen LogP contribution is -2.05. The third-order valence-corrected chi connectivity index (χ3v) is 2.47. The van der Waals surface area contributed by atoms with Crippen molar-refractivity contribution in [1.82, 2.24) is 4.57 Å². The summed E-state index contributed by atoms with van der Waals surface area (Å²) in [5.41, 5.74) is 10.8. The summed E-state index contributed by atoms with van der Waals surface area (Å²) < 4.78 is 2.06. The van der Waals surface area contributed by atoms with E-state index in [1.54, 1.807) is 0 Å². The molecule has 5 heteroatoms. The molecule has 1 aromatic rings. The van der Waals surface area contributed by atoms with Gasteiger partial charge in [-0.05, 0) is 32.4 Å². The average Bonchev–Trinajstić information content (AvgIpc) is 2.50. The van der Waals surface area contributed by atoms with Crippen molar-refractivity contribution < 1.29 is 4.79 Å². The number of nitrogens with zero attached hydrogens (tertiary/aromatic N) is 4. The van der Waals surface area contributed by atoms with E-state index in [1.165, 1.54) is 0 Å². The monoisotopic (exact) mass is 206 g/mol. The second-order valence-electron chi connectivity index (χ2n) is 3.34. The summed E-state index contributed by atoms with van der Waals surface area (Å²) in [4.78, 5) is 14.2. The Hall–Kier alpha value is -1.74. The lowest BCUT2D eigenvalue weighted by Gasteiger charge is -2.04. The Bertz CT molecular complexity index is 427. The minimum Gasteiger partial charge on any atom is -0.349 e. The molecular formula is C10H14N4O. The number of azide groups is 1. The number of ketones is 1. The largest absolute Gasteiger partial charge is 0.349 e. The van der Waals surface area contributed by atoms with Gasteiger partial charge in [0.25, 0.3) is 0 Å². The van der Waals surface area contributed by atoms with Crippen LogP contribution in [0.25, 0.3) is 10.4 Å². The topological polar surface area (TPSA) is 70.8 Å². The summed E-state index contributed by atoms with van der Waals surface area (Å²) in [5.74, 6) is -0.124. The first-order valence-electron chi connectivity index (χ1n) is 4.82. The van der Waals surface area contributed by atoms with Gasteiger partial charge in [0.15, 0.2) is 5.78 Å². The summed E-state index contributed by atoms with van der Waals surface area (Å²) in [6.07, 6.45) is 0. The van der Waals surface area contributed by atoms with Crippen molar-refractivity contribution in [2.75, 3.05) is 6.54 Å². The van der Waals surface area contributed by atoms with Crippen molar-refractivity contribution in [3.05, 3.63) is 33.5 Å². The first-order valence-corrected chi connectivity index (χ1v) is 4.82. The highest BCUT2D eigenvalue weighted by molar-refractivity contribution is 5.99. The van der Waals surface area contributed by atoms with Crippen molar-refractivity contribution in [1.29, 1.82) is 0 Å². The van der Waals surface area contributed by atoms with Crippen LogP contribution in [0.4, 0.5) is 0 Å². The molecule has 1 aromatic heterocycles. The zero-order valence-electron chi connectivity index (χ0n) is 9.19. The predicted molar refractivity (Wildman–Crippen MR) is 57.9 cm³/mol. The number of hydrogen-bond acceptors (Lipinski definition) is 2. The van der Waals surface area contributed by atoms with E-state index in [0.29, 0.717) is 5.56 Å². The van der Waals surface area contributed by atoms with E-state index in [0.717, 1.165) is 17.9 Å². The van der Waals surface area contributed by atoms with Crippen molar-refractivity contribution in [2.45, 2.75) is 27.3 Å². The van der Waals surface area contributed by atoms with Gasteiger partial charge in [0, 0.05) is 28.4 Å². The summed E-state index contributed by atoms with van der Waals surface area (Å²) in [5, 5.41) is 3.28. The van der Waals surface area contributed by atoms with Gasteiger partial charge in [-0.1, -0.05) is 5.11 Å². The van der Waals surface area contributed by atoms with E-state index >= 15 is 0 Å². The third-order valence-electron chi connectivity index (χ3n) is 2.47. The molecule has 0 aliphatic rings. The highest BCUT2D eigenvalue weighted by atomic mass is 16.1. The quantitative estimate of drug-likeness (QED) is 0.323. The van der Waals surface area contributed by atoms with E-state index in [-0.39, 0.29) is 12.3 Å². The third kappa shape index (κ3) is 2.19. The molecule has 0 aromatic carbocycles. The molecule has 1 rings (SSSR count). The lowest BCUT2D eigenvalue weighted by molar-refractivity contribution is 0.100. The minimum atomic E-state index is -0.124. The van der Waals surface area contributed by atoms with Gasteiger partial charge in [-0.3, -0.25) is 4.79 Å². The molecule has 0 atom stereocenters. The molecular weight excluding hydrogens is 192 g/mol. The normalized spacial score (nSPS) is 9.80. The molecule has 0 saturated heterocycles. The molecule has 0 N–H and O–H groups in total. The van der Waals surface area contributed by atoms with Crippen molar-refractivity contribution >= 4 is 5.78 Å². The molecule has 0 aliphatic heterocycles. The second kappa shape index (κ2) is 4.66. The Morgan fingerprint density at radius 1 is 1.60 bits per heavy atom. The maximum atomic E-state index is 11.6. The molecule has 0 aliphatic carbocycles. The van der Waals surface area contributed by atoms with Crippen LogP contribution < -0.4 is 0 Å². The molecule has 15 heavy (non-hydrogen) atoms. The first kappa shape index (κ1) is 11.3. The van der Waals surface area contributed by atoms with Crippen LogP contribution in [-0.4, -0.2) is 16.9 Å². The Kier molecular flexibility index (Phi) is 3.52. The van der Waals surface area contributed by atoms with E-state index in [1.807, 2.05) is 26.8 Å². The highest BCUT2D eigenvalue weighted by Crippen LogP contribution is 2.15. The van der Waals surface area contributed by atoms with Crippen LogP contribution in [0.1, 0.15) is 28.7 Å². The van der Waals surface area contributed by atoms with Crippen LogP contribution in [-0.2, 0) is 6.54 Å². The fraction of sp³-hybridized carbons (Fsp3) is 0.500. The minimum absolute atomic E-state index is 0.107. The first-order chi connectivity index (χ1) is 7.11. The molecule has 0 spiro atoms. The Labute approximate surface area is 88.3 Å². The predicted octanol–water partition coefficient (Wildman–Crippen LogP) is 2.62. The molecule has 0 radical (unpaired) electrons. The SMILES string of the molecule is CCn1c(C)cc(C(=O)CN=[N+]=[N-])c1C. The summed E-state index contributed by atoms with van der Waals surface area (Å²) in [6.45, 7) is 6.62. The fourth-order valence-electron chi connectivity index (χ4n) is 1.75. The van der Waals surface area contributed by atoms with Crippen molar-refractivity contribution in [2.24, 2.45) is 5.11 Å². The molecule has 0 bridgehead atoms. The number of carbonyl (C=O) groups excluding carboxylic acids is 1. The molecule has 1 heterocycles. The summed E-state index contributed by atoms with van der Waals surface area (Å²) in [6, 6.07) is 1.84. The molecule has 0 unspecified atom stereocenters. The average molecular weight is 206 g/mol. The number of carbonyl (C=O) groups is 1. The number of Topliss-reactive ketones (excluding diaryl/α,β-unsaturated/α-hetero) is 1. The number of aryl methyl sites for hydroxylation is 1. The van der Waals surface area contributed by atoms with E-state index in [4.69, 9.17) is 5.53 Å². The van der Waals surface area contributed by atoms with Gasteiger partial charge >= 0.3 is 0 Å². The summed E-state index contributed by atoms with van der Waals surface area (Å²) >= 11 is 0. The number of aromatic nitrogens is 1. The zero-order valence-corrected chi connectivity index (χ0v) is 9.19. The highest BCUT2D eigenvalue weighted by Gasteiger charge is 2.13. The Morgan fingerprint density at radius 3 is 2.73 bits per heavy atom. The second-order valence-corrected chi connectivity index (χ2v) is 3.34. The van der Waals surface area contributed by atoms with Crippen LogP contribution in [0, 0.1) is 13.8 Å². The van der Waals surface area contributed by atoms with Crippen molar-refractivity contribution in [3.63, 3.8) is 0 Å². The zero-order chi connectivity index (χ0) is 11.4. The van der Waals surface area contributed by atoms with E-state index < -0.39 is 0 Å². The maximum Gasteiger partial charge on any atom is 0.170 e. The van der Waals surface area contributed by atoms with Gasteiger partial charge < -0.3 is 4.57 Å². The number of hydrogen-bond donors (Lipinski definition) is 0. The van der Waals surface area contributed by atoms with E-state index in [2.05, 4.69) is 14.6 Å². The van der Waals surface area contributed by atoms with Gasteiger partial charge in [0.05, 0.1) is 6.54 Å². The van der Waals surface area contributed by atoms with Crippen LogP contribution in [0.3, 0.4) is 0 Å². The Balaban J connectivity index is 3.05. The molecule has 0 amide bonds. The maximum absolute atomic E-state index is 11.6. The molecule has 0 fully saturated rings. The van der Waals surface area contributed by atoms with Gasteiger partial charge in [0.1, 0.15) is 0 Å². The van der Waals surface area contributed by atoms with Gasteiger partial charge in [-0.15, -0.1) is 0 Å². The Morgan fingerprint density at radius 2 is 2.27 bits per heavy atom. The van der Waals surface area contributed by atoms with Crippen LogP contribution in [0.15, 0.2) is 11.2 Å². The van der Waals surface area contributed by atoms with Gasteiger partial charge in [-0.2, -0.15) is 0 Å². The van der Waals surface area contributed by atoms with Crippen molar-refractivity contribution in [3.8, 4) is 0 Å². The fourth-order valence-corrected chi connectivity index (χ4v) is 1.75. The van der Waals surface area contributed by atoms with Gasteiger partial charge in [0.2, 0.25) is 0 Å². The van der Waals surface area contributed by atoms with Gasteiger partial charge in [-0.25, -0.2) is 0 Å². The molecule has 0 saturated carbocycles. The lowest BCUT2D eigenvalue weighted by atomic mass is 10.1. The molecule has 80 valence electrons. The number of rotatable bonds is 4. The van der Waals surface area contributed by atoms with Crippen LogP contribution in [0.2, 0.25) is 0 Å². The smallest absolute Gasteiger partial charge is 0.170 e. The van der Waals surface area contributed by atoms with E-state index in [9.17, 15) is 4.79 Å². The molecule has 5 nitrogen and oxygen atoms in total. The van der Waals surface area contributed by atoms with Crippen LogP contribution >= 0.6 is 0 Å². The summed E-state index contributed by atoms with van der Waals surface area (Å²) in [7, 11) is 0. The van der Waals surface area contributed by atoms with Crippen LogP contribution in [0.5, 0.6) is 0 Å².